The highest BCUT2D eigenvalue weighted by Gasteiger charge is 2.53. The van der Waals surface area contributed by atoms with Gasteiger partial charge in [0.25, 0.3) is 0 Å². The van der Waals surface area contributed by atoms with Gasteiger partial charge < -0.3 is 20.5 Å². The molecule has 0 radical (unpaired) electrons. The fraction of sp³-hybridized carbons (Fsp3) is 0.625. The number of carbonyl (C=O) groups excluding carboxylic acids is 1. The number of hydrogen-bond donors (Lipinski definition) is 2. The van der Waals surface area contributed by atoms with Crippen molar-refractivity contribution in [2.24, 2.45) is 11.1 Å². The van der Waals surface area contributed by atoms with Gasteiger partial charge >= 0.3 is 0 Å². The van der Waals surface area contributed by atoms with E-state index in [-0.39, 0.29) is 35.9 Å². The van der Waals surface area contributed by atoms with Crippen LogP contribution >= 0.6 is 0 Å². The molecule has 1 heterocycles. The molecule has 2 bridgehead atoms. The van der Waals surface area contributed by atoms with Crippen LogP contribution in [0.5, 0.6) is 5.75 Å². The van der Waals surface area contributed by atoms with E-state index in [4.69, 9.17) is 15.2 Å². The molecule has 5 rings (SSSR count). The highest BCUT2D eigenvalue weighted by atomic mass is 19.1. The van der Waals surface area contributed by atoms with Crippen molar-refractivity contribution in [2.75, 3.05) is 26.4 Å². The normalized spacial score (nSPS) is 29.6. The SMILES string of the molecule is NC/C(=C\F)COc1ccc(C23CCC(C(=O)NC4CCOCC4)(CC2)CC3)cc1. The molecule has 0 spiro atoms. The molecule has 0 aromatic heterocycles. The van der Waals surface area contributed by atoms with E-state index in [1.807, 2.05) is 12.1 Å². The second kappa shape index (κ2) is 9.06. The number of fused-ring (bicyclic) bond motifs is 3. The van der Waals surface area contributed by atoms with Crippen molar-refractivity contribution in [2.45, 2.75) is 62.8 Å². The van der Waals surface area contributed by atoms with Crippen LogP contribution in [0.25, 0.3) is 0 Å². The Balaban J connectivity index is 1.36. The summed E-state index contributed by atoms with van der Waals surface area (Å²) in [5, 5.41) is 3.32. The molecule has 3 saturated carbocycles. The number of hydrogen-bond acceptors (Lipinski definition) is 4. The Morgan fingerprint density at radius 3 is 2.33 bits per heavy atom. The summed E-state index contributed by atoms with van der Waals surface area (Å²) >= 11 is 0. The summed E-state index contributed by atoms with van der Waals surface area (Å²) in [5.41, 5.74) is 7.22. The lowest BCUT2D eigenvalue weighted by Gasteiger charge is -2.53. The molecule has 164 valence electrons. The van der Waals surface area contributed by atoms with E-state index >= 15 is 0 Å². The zero-order valence-corrected chi connectivity index (χ0v) is 17.6. The molecule has 30 heavy (non-hydrogen) atoms. The second-order valence-corrected chi connectivity index (χ2v) is 9.21. The van der Waals surface area contributed by atoms with E-state index in [9.17, 15) is 9.18 Å². The molecule has 1 saturated heterocycles. The van der Waals surface area contributed by atoms with Gasteiger partial charge in [0.15, 0.2) is 0 Å². The van der Waals surface area contributed by atoms with E-state index < -0.39 is 0 Å². The van der Waals surface area contributed by atoms with Crippen LogP contribution in [-0.2, 0) is 14.9 Å². The molecule has 6 heteroatoms. The maximum Gasteiger partial charge on any atom is 0.226 e. The molecule has 1 aliphatic heterocycles. The van der Waals surface area contributed by atoms with Crippen LogP contribution in [0, 0.1) is 5.41 Å². The van der Waals surface area contributed by atoms with Gasteiger partial charge in [-0.1, -0.05) is 12.1 Å². The van der Waals surface area contributed by atoms with Crippen molar-refractivity contribution >= 4 is 5.91 Å². The minimum absolute atomic E-state index is 0.154. The Bertz CT molecular complexity index is 747. The van der Waals surface area contributed by atoms with Gasteiger partial charge in [-0.25, -0.2) is 4.39 Å². The Morgan fingerprint density at radius 2 is 1.77 bits per heavy atom. The molecule has 0 atom stereocenters. The number of carbonyl (C=O) groups is 1. The number of rotatable bonds is 7. The fourth-order valence-corrected chi connectivity index (χ4v) is 5.36. The van der Waals surface area contributed by atoms with Crippen LogP contribution in [0.4, 0.5) is 4.39 Å². The average molecular weight is 417 g/mol. The average Bonchev–Trinajstić information content (AvgIpc) is 2.82. The van der Waals surface area contributed by atoms with E-state index in [1.165, 1.54) is 5.56 Å². The summed E-state index contributed by atoms with van der Waals surface area (Å²) in [4.78, 5) is 13.1. The molecule has 0 unspecified atom stereocenters. The van der Waals surface area contributed by atoms with E-state index in [2.05, 4.69) is 17.4 Å². The molecule has 4 fully saturated rings. The number of ether oxygens (including phenoxy) is 2. The first-order chi connectivity index (χ1) is 14.6. The molecule has 1 aromatic carbocycles. The van der Waals surface area contributed by atoms with Gasteiger partial charge in [-0.3, -0.25) is 4.79 Å². The van der Waals surface area contributed by atoms with Crippen LogP contribution in [0.1, 0.15) is 56.9 Å². The van der Waals surface area contributed by atoms with Crippen molar-refractivity contribution in [3.05, 3.63) is 41.7 Å². The summed E-state index contributed by atoms with van der Waals surface area (Å²) in [6, 6.07) is 8.47. The third-order valence-electron chi connectivity index (χ3n) is 7.59. The van der Waals surface area contributed by atoms with Crippen LogP contribution in [-0.4, -0.2) is 38.3 Å². The summed E-state index contributed by atoms with van der Waals surface area (Å²) in [6.45, 7) is 1.82. The minimum atomic E-state index is -0.180. The number of halogens is 1. The van der Waals surface area contributed by atoms with Gasteiger partial charge in [0.2, 0.25) is 5.91 Å². The first kappa shape index (κ1) is 21.3. The largest absolute Gasteiger partial charge is 0.489 e. The molecule has 1 amide bonds. The van der Waals surface area contributed by atoms with Crippen molar-refractivity contribution in [3.63, 3.8) is 0 Å². The first-order valence-corrected chi connectivity index (χ1v) is 11.2. The van der Waals surface area contributed by atoms with Gasteiger partial charge in [0, 0.05) is 36.8 Å². The standard InChI is InChI=1S/C24H33FN2O3/c25-15-18(16-26)17-30-21-3-1-19(2-4-21)23-7-10-24(11-8-23,12-9-23)22(28)27-20-5-13-29-14-6-20/h1-4,15,20H,5-14,16-17,26H2,(H,27,28)/b18-15+. The lowest BCUT2D eigenvalue weighted by molar-refractivity contribution is -0.139. The van der Waals surface area contributed by atoms with Crippen molar-refractivity contribution in [1.29, 1.82) is 0 Å². The van der Waals surface area contributed by atoms with Gasteiger partial charge in [0.1, 0.15) is 12.4 Å². The molecule has 4 aliphatic rings. The molecule has 1 aromatic rings. The van der Waals surface area contributed by atoms with Crippen LogP contribution in [0.15, 0.2) is 36.2 Å². The van der Waals surface area contributed by atoms with Crippen LogP contribution in [0.2, 0.25) is 0 Å². The molecule has 5 nitrogen and oxygen atoms in total. The fourth-order valence-electron chi connectivity index (χ4n) is 5.36. The molecular weight excluding hydrogens is 383 g/mol. The zero-order chi connectivity index (χ0) is 21.0. The van der Waals surface area contributed by atoms with Gasteiger partial charge in [0.05, 0.1) is 6.33 Å². The van der Waals surface area contributed by atoms with Crippen molar-refractivity contribution < 1.29 is 18.7 Å². The van der Waals surface area contributed by atoms with E-state index in [0.717, 1.165) is 70.3 Å². The number of amides is 1. The highest BCUT2D eigenvalue weighted by molar-refractivity contribution is 5.83. The monoisotopic (exact) mass is 416 g/mol. The van der Waals surface area contributed by atoms with Crippen LogP contribution < -0.4 is 15.8 Å². The minimum Gasteiger partial charge on any atom is -0.489 e. The Morgan fingerprint density at radius 1 is 1.13 bits per heavy atom. The zero-order valence-electron chi connectivity index (χ0n) is 17.6. The molecular formula is C24H33FN2O3. The maximum absolute atomic E-state index is 13.1. The lowest BCUT2D eigenvalue weighted by Crippen LogP contribution is -2.54. The lowest BCUT2D eigenvalue weighted by atomic mass is 9.51. The van der Waals surface area contributed by atoms with Crippen molar-refractivity contribution in [3.8, 4) is 5.75 Å². The summed E-state index contributed by atoms with van der Waals surface area (Å²) < 4.78 is 23.7. The van der Waals surface area contributed by atoms with Crippen molar-refractivity contribution in [1.82, 2.24) is 5.32 Å². The highest BCUT2D eigenvalue weighted by Crippen LogP contribution is 2.58. The molecule has 3 aliphatic carbocycles. The third-order valence-corrected chi connectivity index (χ3v) is 7.59. The summed E-state index contributed by atoms with van der Waals surface area (Å²) in [5.74, 6) is 0.989. The summed E-state index contributed by atoms with van der Waals surface area (Å²) in [7, 11) is 0. The predicted octanol–water partition coefficient (Wildman–Crippen LogP) is 3.76. The number of benzene rings is 1. The van der Waals surface area contributed by atoms with Gasteiger partial charge in [-0.15, -0.1) is 0 Å². The van der Waals surface area contributed by atoms with E-state index in [0.29, 0.717) is 11.9 Å². The van der Waals surface area contributed by atoms with Gasteiger partial charge in [-0.2, -0.15) is 0 Å². The van der Waals surface area contributed by atoms with E-state index in [1.54, 1.807) is 0 Å². The Labute approximate surface area is 178 Å². The maximum atomic E-state index is 13.1. The Kier molecular flexibility index (Phi) is 6.44. The van der Waals surface area contributed by atoms with Gasteiger partial charge in [-0.05, 0) is 74.5 Å². The molecule has 3 N–H and O–H groups in total. The second-order valence-electron chi connectivity index (χ2n) is 9.21. The predicted molar refractivity (Wildman–Crippen MR) is 114 cm³/mol. The topological polar surface area (TPSA) is 73.6 Å². The number of nitrogens with two attached hydrogens (primary N) is 1. The smallest absolute Gasteiger partial charge is 0.226 e. The first-order valence-electron chi connectivity index (χ1n) is 11.2. The Hall–Kier alpha value is -1.92. The summed E-state index contributed by atoms with van der Waals surface area (Å²) in [6.07, 6.45) is 8.40. The van der Waals surface area contributed by atoms with Crippen LogP contribution in [0.3, 0.4) is 0 Å². The number of nitrogens with one attached hydrogen (secondary N) is 1. The quantitative estimate of drug-likeness (QED) is 0.710. The third kappa shape index (κ3) is 4.26.